The highest BCUT2D eigenvalue weighted by Crippen LogP contribution is 2.52. The SMILES string of the molecule is COc1cc([C@@H]2c3[nH]c4ccccc4c3C[C@H]3C(=O)N4[C@H](c5cc(OC)c(OCc6ccccc6)c(OC)c5)c5[nH]c6ccccc6c5C[C@H]4C(=O)N23)cc(OC)c1OCc1ccccc1. The van der Waals surface area contributed by atoms with Crippen molar-refractivity contribution in [2.45, 2.75) is 50.2 Å². The van der Waals surface area contributed by atoms with Crippen molar-refractivity contribution in [1.29, 1.82) is 0 Å². The standard InChI is InChI=1S/C54H48N4O8/c1-61-43-23-33(24-44(62-2)51(43)65-29-31-15-7-5-8-16-31)49-47-37(35-19-11-13-21-39(35)55-47)27-41-54(60)58-42(53(59)57(41)49)28-38-36-20-12-14-22-40(36)56-48(38)50(58)34-25-45(63-3)52(46(26-34)64-4)66-30-32-17-9-6-10-18-32/h5-26,41-42,49-50,55-56H,27-30H2,1-4H3/t41-,42-,49+,50+/m0/s1. The molecule has 12 heteroatoms. The van der Waals surface area contributed by atoms with Gasteiger partial charge in [-0.05, 0) is 69.8 Å². The predicted molar refractivity (Wildman–Crippen MR) is 250 cm³/mol. The number of nitrogens with zero attached hydrogens (tertiary/aromatic N) is 2. The van der Waals surface area contributed by atoms with Crippen molar-refractivity contribution in [2.24, 2.45) is 0 Å². The fourth-order valence-electron chi connectivity index (χ4n) is 10.4. The van der Waals surface area contributed by atoms with Crippen molar-refractivity contribution in [2.75, 3.05) is 28.4 Å². The van der Waals surface area contributed by atoms with E-state index in [0.29, 0.717) is 71.7 Å². The van der Waals surface area contributed by atoms with E-state index in [1.165, 1.54) is 0 Å². The average Bonchev–Trinajstić information content (AvgIpc) is 3.93. The van der Waals surface area contributed by atoms with Gasteiger partial charge in [0.05, 0.1) is 40.5 Å². The van der Waals surface area contributed by atoms with Gasteiger partial charge in [0.25, 0.3) is 0 Å². The van der Waals surface area contributed by atoms with Crippen LogP contribution in [0.4, 0.5) is 0 Å². The van der Waals surface area contributed by atoms with Gasteiger partial charge in [-0.25, -0.2) is 0 Å². The lowest BCUT2D eigenvalue weighted by Crippen LogP contribution is -2.69. The van der Waals surface area contributed by atoms with Crippen LogP contribution in [-0.4, -0.2) is 72.1 Å². The molecule has 12 nitrogen and oxygen atoms in total. The van der Waals surface area contributed by atoms with Crippen LogP contribution in [0.15, 0.2) is 133 Å². The quantitative estimate of drug-likeness (QED) is 0.124. The largest absolute Gasteiger partial charge is 0.493 e. The minimum atomic E-state index is -0.859. The number of benzene rings is 6. The lowest BCUT2D eigenvalue weighted by molar-refractivity contribution is -0.167. The van der Waals surface area contributed by atoms with E-state index in [2.05, 4.69) is 22.1 Å². The molecule has 0 bridgehead atoms. The van der Waals surface area contributed by atoms with Crippen LogP contribution in [0.2, 0.25) is 0 Å². The maximum Gasteiger partial charge on any atom is 0.247 e. The number of rotatable bonds is 12. The number of piperazine rings is 1. The van der Waals surface area contributed by atoms with Gasteiger partial charge in [0.1, 0.15) is 25.3 Å². The van der Waals surface area contributed by atoms with Gasteiger partial charge in [0.15, 0.2) is 23.0 Å². The molecular formula is C54H48N4O8. The first-order valence-electron chi connectivity index (χ1n) is 22.1. The summed E-state index contributed by atoms with van der Waals surface area (Å²) in [6, 6.07) is 40.4. The summed E-state index contributed by atoms with van der Waals surface area (Å²) in [4.78, 5) is 42.8. The van der Waals surface area contributed by atoms with Crippen molar-refractivity contribution >= 4 is 33.6 Å². The number of amides is 2. The van der Waals surface area contributed by atoms with Gasteiger partial charge in [0, 0.05) is 46.0 Å². The smallest absolute Gasteiger partial charge is 0.247 e. The van der Waals surface area contributed by atoms with Gasteiger partial charge in [0.2, 0.25) is 23.3 Å². The number of H-pyrrole nitrogens is 2. The Labute approximate surface area is 381 Å². The Morgan fingerprint density at radius 2 is 0.833 bits per heavy atom. The number of carbonyl (C=O) groups is 2. The number of aromatic amines is 2. The molecular weight excluding hydrogens is 833 g/mol. The van der Waals surface area contributed by atoms with Gasteiger partial charge in [-0.1, -0.05) is 97.1 Å². The molecule has 0 radical (unpaired) electrons. The van der Waals surface area contributed by atoms with E-state index < -0.39 is 24.2 Å². The van der Waals surface area contributed by atoms with E-state index in [1.54, 1.807) is 38.2 Å². The Kier molecular flexibility index (Phi) is 10.3. The first-order chi connectivity index (χ1) is 32.4. The number of carbonyl (C=O) groups excluding carboxylic acids is 2. The molecule has 2 amide bonds. The summed E-state index contributed by atoms with van der Waals surface area (Å²) in [6.45, 7) is 0.582. The van der Waals surface area contributed by atoms with Crippen LogP contribution < -0.4 is 28.4 Å². The zero-order valence-electron chi connectivity index (χ0n) is 37.0. The van der Waals surface area contributed by atoms with Crippen LogP contribution in [0.3, 0.4) is 0 Å². The average molecular weight is 881 g/mol. The highest BCUT2D eigenvalue weighted by atomic mass is 16.5. The summed E-state index contributed by atoms with van der Waals surface area (Å²) in [5.74, 6) is 2.31. The summed E-state index contributed by atoms with van der Waals surface area (Å²) in [6.07, 6.45) is 0.614. The molecule has 0 aliphatic carbocycles. The first-order valence-corrected chi connectivity index (χ1v) is 22.1. The Bertz CT molecular complexity index is 2880. The topological polar surface area (TPSA) is 128 Å². The van der Waals surface area contributed by atoms with E-state index >= 15 is 9.59 Å². The summed E-state index contributed by atoms with van der Waals surface area (Å²) in [5, 5.41) is 1.99. The van der Waals surface area contributed by atoms with Gasteiger partial charge < -0.3 is 48.2 Å². The Morgan fingerprint density at radius 3 is 1.20 bits per heavy atom. The third-order valence-corrected chi connectivity index (χ3v) is 13.4. The zero-order valence-corrected chi connectivity index (χ0v) is 37.0. The first kappa shape index (κ1) is 40.9. The minimum Gasteiger partial charge on any atom is -0.493 e. The highest BCUT2D eigenvalue weighted by molar-refractivity contribution is 6.01. The second kappa shape index (κ2) is 16.6. The molecule has 66 heavy (non-hydrogen) atoms. The second-order valence-corrected chi connectivity index (χ2v) is 16.9. The number of ether oxygens (including phenoxy) is 6. The molecule has 11 rings (SSSR count). The molecule has 0 spiro atoms. The van der Waals surface area contributed by atoms with Crippen LogP contribution in [0.5, 0.6) is 34.5 Å². The maximum atomic E-state index is 15.9. The van der Waals surface area contributed by atoms with Crippen molar-refractivity contribution in [1.82, 2.24) is 19.8 Å². The fraction of sp³-hybridized carbons (Fsp3) is 0.222. The summed E-state index contributed by atoms with van der Waals surface area (Å²) >= 11 is 0. The van der Waals surface area contributed by atoms with Crippen LogP contribution in [0.1, 0.15) is 56.9 Å². The number of methoxy groups -OCH3 is 4. The highest BCUT2D eigenvalue weighted by Gasteiger charge is 2.56. The summed E-state index contributed by atoms with van der Waals surface area (Å²) < 4.78 is 36.8. The van der Waals surface area contributed by atoms with Crippen LogP contribution >= 0.6 is 0 Å². The van der Waals surface area contributed by atoms with Gasteiger partial charge >= 0.3 is 0 Å². The van der Waals surface area contributed by atoms with Crippen molar-refractivity contribution in [3.05, 3.63) is 178 Å². The normalized spacial score (nSPS) is 18.6. The molecule has 0 saturated carbocycles. The molecule has 2 N–H and O–H groups in total. The van der Waals surface area contributed by atoms with E-state index in [4.69, 9.17) is 28.4 Å². The van der Waals surface area contributed by atoms with E-state index in [9.17, 15) is 0 Å². The lowest BCUT2D eigenvalue weighted by atomic mass is 9.80. The van der Waals surface area contributed by atoms with E-state index in [1.807, 2.05) is 121 Å². The Morgan fingerprint density at radius 1 is 0.485 bits per heavy atom. The van der Waals surface area contributed by atoms with Crippen molar-refractivity contribution in [3.8, 4) is 34.5 Å². The van der Waals surface area contributed by atoms with Crippen molar-refractivity contribution in [3.63, 3.8) is 0 Å². The van der Waals surface area contributed by atoms with Gasteiger partial charge in [-0.2, -0.15) is 0 Å². The molecule has 3 aliphatic rings. The molecule has 5 heterocycles. The number of fused-ring (bicyclic) bond motifs is 8. The number of para-hydroxylation sites is 2. The van der Waals surface area contributed by atoms with Crippen molar-refractivity contribution < 1.29 is 38.0 Å². The van der Waals surface area contributed by atoms with Crippen LogP contribution in [0, 0.1) is 0 Å². The molecule has 4 atom stereocenters. The molecule has 332 valence electrons. The third-order valence-electron chi connectivity index (χ3n) is 13.4. The molecule has 0 unspecified atom stereocenters. The molecule has 1 fully saturated rings. The maximum absolute atomic E-state index is 15.9. The van der Waals surface area contributed by atoms with Gasteiger partial charge in [-0.15, -0.1) is 0 Å². The number of hydrogen-bond acceptors (Lipinski definition) is 8. The molecule has 3 aliphatic heterocycles. The minimum absolute atomic E-state index is 0.168. The van der Waals surface area contributed by atoms with E-state index in [-0.39, 0.29) is 11.8 Å². The Balaban J connectivity index is 1.06. The number of hydrogen-bond donors (Lipinski definition) is 2. The van der Waals surface area contributed by atoms with E-state index in [0.717, 1.165) is 55.4 Å². The fourth-order valence-corrected chi connectivity index (χ4v) is 10.4. The summed E-state index contributed by atoms with van der Waals surface area (Å²) in [5.41, 5.74) is 8.85. The molecule has 8 aromatic rings. The zero-order chi connectivity index (χ0) is 45.1. The second-order valence-electron chi connectivity index (χ2n) is 16.9. The summed E-state index contributed by atoms with van der Waals surface area (Å²) in [7, 11) is 6.36. The monoisotopic (exact) mass is 880 g/mol. The lowest BCUT2D eigenvalue weighted by Gasteiger charge is -2.53. The number of aromatic nitrogens is 2. The number of nitrogens with one attached hydrogen (secondary N) is 2. The third kappa shape index (κ3) is 6.66. The predicted octanol–water partition coefficient (Wildman–Crippen LogP) is 9.24. The van der Waals surface area contributed by atoms with Crippen LogP contribution in [0.25, 0.3) is 21.8 Å². The molecule has 6 aromatic carbocycles. The Hall–Kier alpha value is -7.86. The van der Waals surface area contributed by atoms with Gasteiger partial charge in [-0.3, -0.25) is 9.59 Å². The van der Waals surface area contributed by atoms with Crippen LogP contribution in [-0.2, 0) is 35.6 Å². The molecule has 2 aromatic heterocycles. The molecule has 1 saturated heterocycles.